The van der Waals surface area contributed by atoms with Crippen LogP contribution in [0.2, 0.25) is 0 Å². The number of nitrogens with one attached hydrogen (secondary N) is 2. The summed E-state index contributed by atoms with van der Waals surface area (Å²) in [6.07, 6.45) is 0.603. The molecule has 28 heavy (non-hydrogen) atoms. The van der Waals surface area contributed by atoms with Crippen LogP contribution in [0.5, 0.6) is 0 Å². The number of hydrogen-bond donors (Lipinski definition) is 2. The number of ether oxygens (including phenoxy) is 1. The highest BCUT2D eigenvalue weighted by molar-refractivity contribution is 7.89. The minimum atomic E-state index is -3.13. The second-order valence-corrected chi connectivity index (χ2v) is 9.06. The molecule has 0 aliphatic rings. The maximum Gasteiger partial charge on any atom is 0.411 e. The van der Waals surface area contributed by atoms with Crippen LogP contribution in [0.1, 0.15) is 29.8 Å². The van der Waals surface area contributed by atoms with Crippen LogP contribution < -0.4 is 10.6 Å². The monoisotopic (exact) mass is 404 g/mol. The first kappa shape index (κ1) is 21.4. The molecule has 0 unspecified atom stereocenters. The summed E-state index contributed by atoms with van der Waals surface area (Å²) in [7, 11) is -3.13. The summed E-state index contributed by atoms with van der Waals surface area (Å²) in [6.45, 7) is 4.20. The van der Waals surface area contributed by atoms with Crippen LogP contribution in [0.3, 0.4) is 0 Å². The van der Waals surface area contributed by atoms with Crippen LogP contribution >= 0.6 is 0 Å². The second kappa shape index (κ2) is 9.36. The van der Waals surface area contributed by atoms with Crippen LogP contribution in [-0.2, 0) is 20.3 Å². The summed E-state index contributed by atoms with van der Waals surface area (Å²) in [5.74, 6) is -0.180. The van der Waals surface area contributed by atoms with Crippen molar-refractivity contribution in [2.45, 2.75) is 19.6 Å². The largest absolute Gasteiger partial charge is 0.449 e. The maximum atomic E-state index is 12.4. The van der Waals surface area contributed by atoms with Crippen LogP contribution in [0, 0.1) is 5.92 Å². The number of benzene rings is 2. The summed E-state index contributed by atoms with van der Waals surface area (Å²) < 4.78 is 27.7. The molecule has 2 amide bonds. The number of rotatable bonds is 7. The highest BCUT2D eigenvalue weighted by Gasteiger charge is 2.10. The molecule has 0 radical (unpaired) electrons. The summed E-state index contributed by atoms with van der Waals surface area (Å²) >= 11 is 0. The fourth-order valence-electron chi connectivity index (χ4n) is 2.33. The Labute approximate surface area is 165 Å². The quantitative estimate of drug-likeness (QED) is 0.733. The van der Waals surface area contributed by atoms with Crippen LogP contribution in [-0.4, -0.2) is 33.3 Å². The van der Waals surface area contributed by atoms with E-state index in [0.29, 0.717) is 29.1 Å². The minimum absolute atomic E-state index is 0.0739. The molecule has 2 aromatic carbocycles. The fourth-order valence-corrected chi connectivity index (χ4v) is 3.13. The van der Waals surface area contributed by atoms with Crippen molar-refractivity contribution in [2.24, 2.45) is 5.92 Å². The molecule has 0 aromatic heterocycles. The highest BCUT2D eigenvalue weighted by atomic mass is 32.2. The third kappa shape index (κ3) is 7.40. The zero-order valence-electron chi connectivity index (χ0n) is 16.1. The van der Waals surface area contributed by atoms with Gasteiger partial charge in [-0.05, 0) is 41.8 Å². The van der Waals surface area contributed by atoms with E-state index in [1.54, 1.807) is 48.5 Å². The van der Waals surface area contributed by atoms with Gasteiger partial charge in [0.2, 0.25) is 0 Å². The standard InChI is InChI=1S/C20H24N2O5S/c1-14(2)12-27-20(24)22-18-6-4-5-17(11-18)21-19(23)16-9-7-15(8-10-16)13-28(3,25)26/h4-11,14H,12-13H2,1-3H3,(H,21,23)(H,22,24). The van der Waals surface area contributed by atoms with E-state index >= 15 is 0 Å². The first-order valence-electron chi connectivity index (χ1n) is 8.74. The van der Waals surface area contributed by atoms with E-state index < -0.39 is 15.9 Å². The maximum absolute atomic E-state index is 12.4. The van der Waals surface area contributed by atoms with Gasteiger partial charge in [-0.3, -0.25) is 10.1 Å². The lowest BCUT2D eigenvalue weighted by molar-refractivity contribution is 0.102. The summed E-state index contributed by atoms with van der Waals surface area (Å²) in [4.78, 5) is 24.1. The Morgan fingerprint density at radius 1 is 1.00 bits per heavy atom. The van der Waals surface area contributed by atoms with Crippen molar-refractivity contribution >= 4 is 33.2 Å². The molecule has 150 valence electrons. The van der Waals surface area contributed by atoms with Crippen molar-refractivity contribution in [1.82, 2.24) is 0 Å². The average molecular weight is 404 g/mol. The predicted molar refractivity (Wildman–Crippen MR) is 109 cm³/mol. The molecule has 2 N–H and O–H groups in total. The normalized spacial score (nSPS) is 11.1. The van der Waals surface area contributed by atoms with Gasteiger partial charge in [-0.25, -0.2) is 13.2 Å². The molecule has 0 fully saturated rings. The van der Waals surface area contributed by atoms with Gasteiger partial charge in [0, 0.05) is 23.2 Å². The molecule has 0 aliphatic heterocycles. The fraction of sp³-hybridized carbons (Fsp3) is 0.300. The molecule has 0 saturated carbocycles. The van der Waals surface area contributed by atoms with Crippen molar-refractivity contribution in [2.75, 3.05) is 23.5 Å². The zero-order chi connectivity index (χ0) is 20.7. The summed E-state index contributed by atoms with van der Waals surface area (Å²) in [6, 6.07) is 13.1. The summed E-state index contributed by atoms with van der Waals surface area (Å²) in [5.41, 5.74) is 2.01. The highest BCUT2D eigenvalue weighted by Crippen LogP contribution is 2.17. The molecule has 0 saturated heterocycles. The van der Waals surface area contributed by atoms with E-state index in [4.69, 9.17) is 4.74 Å². The second-order valence-electron chi connectivity index (χ2n) is 6.92. The number of carbonyl (C=O) groups is 2. The van der Waals surface area contributed by atoms with Gasteiger partial charge in [0.1, 0.15) is 0 Å². The third-order valence-corrected chi connectivity index (χ3v) is 4.42. The van der Waals surface area contributed by atoms with Crippen molar-refractivity contribution in [3.05, 3.63) is 59.7 Å². The van der Waals surface area contributed by atoms with E-state index in [0.717, 1.165) is 6.26 Å². The minimum Gasteiger partial charge on any atom is -0.449 e. The van der Waals surface area contributed by atoms with E-state index in [1.165, 1.54) is 0 Å². The molecule has 0 atom stereocenters. The van der Waals surface area contributed by atoms with Gasteiger partial charge in [-0.15, -0.1) is 0 Å². The predicted octanol–water partition coefficient (Wildman–Crippen LogP) is 3.69. The Balaban J connectivity index is 1.99. The topological polar surface area (TPSA) is 102 Å². The van der Waals surface area contributed by atoms with E-state index in [-0.39, 0.29) is 17.6 Å². The molecule has 0 bridgehead atoms. The molecule has 0 aliphatic carbocycles. The van der Waals surface area contributed by atoms with Gasteiger partial charge >= 0.3 is 6.09 Å². The number of amides is 2. The Hall–Kier alpha value is -2.87. The van der Waals surface area contributed by atoms with Gasteiger partial charge in [-0.1, -0.05) is 32.0 Å². The average Bonchev–Trinajstić information content (AvgIpc) is 2.59. The molecule has 0 heterocycles. The van der Waals surface area contributed by atoms with E-state index in [2.05, 4.69) is 10.6 Å². The van der Waals surface area contributed by atoms with E-state index in [1.807, 2.05) is 13.8 Å². The van der Waals surface area contributed by atoms with Gasteiger partial charge in [0.25, 0.3) is 5.91 Å². The Morgan fingerprint density at radius 2 is 1.61 bits per heavy atom. The van der Waals surface area contributed by atoms with Gasteiger partial charge in [-0.2, -0.15) is 0 Å². The molecule has 2 rings (SSSR count). The van der Waals surface area contributed by atoms with Crippen molar-refractivity contribution in [1.29, 1.82) is 0 Å². The van der Waals surface area contributed by atoms with Crippen molar-refractivity contribution < 1.29 is 22.7 Å². The lowest BCUT2D eigenvalue weighted by Gasteiger charge is -2.10. The molecule has 2 aromatic rings. The Kier molecular flexibility index (Phi) is 7.17. The van der Waals surface area contributed by atoms with Gasteiger partial charge in [0.05, 0.1) is 12.4 Å². The Bertz CT molecular complexity index is 937. The number of anilines is 2. The van der Waals surface area contributed by atoms with Crippen molar-refractivity contribution in [3.8, 4) is 0 Å². The molecule has 7 nitrogen and oxygen atoms in total. The van der Waals surface area contributed by atoms with Crippen LogP contribution in [0.25, 0.3) is 0 Å². The van der Waals surface area contributed by atoms with E-state index in [9.17, 15) is 18.0 Å². The van der Waals surface area contributed by atoms with Crippen LogP contribution in [0.15, 0.2) is 48.5 Å². The van der Waals surface area contributed by atoms with Gasteiger partial charge < -0.3 is 10.1 Å². The number of carbonyl (C=O) groups excluding carboxylic acids is 2. The smallest absolute Gasteiger partial charge is 0.411 e. The number of sulfone groups is 1. The van der Waals surface area contributed by atoms with Gasteiger partial charge in [0.15, 0.2) is 9.84 Å². The van der Waals surface area contributed by atoms with Crippen molar-refractivity contribution in [3.63, 3.8) is 0 Å². The lowest BCUT2D eigenvalue weighted by atomic mass is 10.1. The molecular weight excluding hydrogens is 380 g/mol. The SMILES string of the molecule is CC(C)COC(=O)Nc1cccc(NC(=O)c2ccc(CS(C)(=O)=O)cc2)c1. The zero-order valence-corrected chi connectivity index (χ0v) is 16.9. The first-order valence-corrected chi connectivity index (χ1v) is 10.8. The third-order valence-electron chi connectivity index (χ3n) is 3.56. The molecule has 8 heteroatoms. The Morgan fingerprint density at radius 3 is 2.18 bits per heavy atom. The summed E-state index contributed by atoms with van der Waals surface area (Å²) in [5, 5.41) is 5.35. The molecular formula is C20H24N2O5S. The molecule has 0 spiro atoms. The number of hydrogen-bond acceptors (Lipinski definition) is 5. The first-order chi connectivity index (χ1) is 13.1. The van der Waals surface area contributed by atoms with Crippen LogP contribution in [0.4, 0.5) is 16.2 Å². The lowest BCUT2D eigenvalue weighted by Crippen LogP contribution is -2.17.